The Morgan fingerprint density at radius 3 is 2.58 bits per heavy atom. The first kappa shape index (κ1) is 12.0. The van der Waals surface area contributed by atoms with Gasteiger partial charge in [-0.25, -0.2) is 0 Å². The molecule has 2 nitrogen and oxygen atoms in total. The van der Waals surface area contributed by atoms with Crippen LogP contribution in [0.4, 0.5) is 0 Å². The second-order valence-electron chi connectivity index (χ2n) is 4.78. The van der Waals surface area contributed by atoms with Gasteiger partial charge in [0.2, 0.25) is 0 Å². The van der Waals surface area contributed by atoms with Gasteiger partial charge >= 0.3 is 0 Å². The zero-order valence-corrected chi connectivity index (χ0v) is 11.0. The highest BCUT2D eigenvalue weighted by Gasteiger charge is 2.03. The quantitative estimate of drug-likeness (QED) is 0.757. The maximum absolute atomic E-state index is 5.77. The minimum atomic E-state index is 0.753. The van der Waals surface area contributed by atoms with Crippen LogP contribution < -0.4 is 5.32 Å². The molecule has 0 bridgehead atoms. The van der Waals surface area contributed by atoms with Gasteiger partial charge in [0.1, 0.15) is 11.3 Å². The van der Waals surface area contributed by atoms with Gasteiger partial charge in [0, 0.05) is 11.9 Å². The van der Waals surface area contributed by atoms with Crippen LogP contribution in [0.15, 0.2) is 59.0 Å². The summed E-state index contributed by atoms with van der Waals surface area (Å²) in [6, 6.07) is 18.6. The van der Waals surface area contributed by atoms with Gasteiger partial charge in [0.15, 0.2) is 0 Å². The van der Waals surface area contributed by atoms with Gasteiger partial charge in [-0.1, -0.05) is 42.5 Å². The summed E-state index contributed by atoms with van der Waals surface area (Å²) in [5.74, 6) is 0.981. The summed E-state index contributed by atoms with van der Waals surface area (Å²) in [5.41, 5.74) is 3.61. The number of nitrogens with one attached hydrogen (secondary N) is 1. The van der Waals surface area contributed by atoms with E-state index in [4.69, 9.17) is 4.42 Å². The molecule has 1 heterocycles. The molecule has 2 aromatic carbocycles. The average Bonchev–Trinajstić information content (AvgIpc) is 2.83. The van der Waals surface area contributed by atoms with E-state index in [1.165, 1.54) is 11.1 Å². The van der Waals surface area contributed by atoms with Crippen molar-refractivity contribution in [3.05, 3.63) is 71.5 Å². The Hall–Kier alpha value is -2.06. The molecule has 0 unspecified atom stereocenters. The molecular formula is C17H17NO. The van der Waals surface area contributed by atoms with Crippen LogP contribution in [0.2, 0.25) is 0 Å². The molecule has 0 aliphatic rings. The van der Waals surface area contributed by atoms with E-state index in [1.807, 2.05) is 18.2 Å². The number of aryl methyl sites for hydroxylation is 1. The SMILES string of the molecule is Cc1ccccc1CNCc1cc2ccccc2o1. The first-order valence-electron chi connectivity index (χ1n) is 6.55. The van der Waals surface area contributed by atoms with Crippen molar-refractivity contribution in [1.82, 2.24) is 5.32 Å². The van der Waals surface area contributed by atoms with Crippen LogP contribution in [-0.2, 0) is 13.1 Å². The Morgan fingerprint density at radius 1 is 0.947 bits per heavy atom. The molecule has 0 saturated carbocycles. The van der Waals surface area contributed by atoms with Crippen LogP contribution >= 0.6 is 0 Å². The fourth-order valence-electron chi connectivity index (χ4n) is 2.25. The summed E-state index contributed by atoms with van der Waals surface area (Å²) >= 11 is 0. The van der Waals surface area contributed by atoms with Crippen molar-refractivity contribution in [2.75, 3.05) is 0 Å². The summed E-state index contributed by atoms with van der Waals surface area (Å²) in [4.78, 5) is 0. The summed E-state index contributed by atoms with van der Waals surface area (Å²) in [6.45, 7) is 3.75. The highest BCUT2D eigenvalue weighted by molar-refractivity contribution is 5.77. The highest BCUT2D eigenvalue weighted by atomic mass is 16.3. The van der Waals surface area contributed by atoms with Crippen LogP contribution in [0, 0.1) is 6.92 Å². The second-order valence-corrected chi connectivity index (χ2v) is 4.78. The van der Waals surface area contributed by atoms with E-state index < -0.39 is 0 Å². The molecule has 0 aliphatic carbocycles. The fraction of sp³-hybridized carbons (Fsp3) is 0.176. The molecule has 0 saturated heterocycles. The number of furan rings is 1. The molecule has 0 amide bonds. The van der Waals surface area contributed by atoms with Crippen molar-refractivity contribution in [3.63, 3.8) is 0 Å². The van der Waals surface area contributed by atoms with E-state index in [2.05, 4.69) is 48.6 Å². The summed E-state index contributed by atoms with van der Waals surface area (Å²) in [7, 11) is 0. The predicted octanol–water partition coefficient (Wildman–Crippen LogP) is 4.03. The Balaban J connectivity index is 1.65. The van der Waals surface area contributed by atoms with Gasteiger partial charge < -0.3 is 9.73 Å². The molecule has 0 fully saturated rings. The van der Waals surface area contributed by atoms with Crippen molar-refractivity contribution < 1.29 is 4.42 Å². The number of fused-ring (bicyclic) bond motifs is 1. The lowest BCUT2D eigenvalue weighted by Crippen LogP contribution is -2.12. The summed E-state index contributed by atoms with van der Waals surface area (Å²) in [6.07, 6.45) is 0. The summed E-state index contributed by atoms with van der Waals surface area (Å²) in [5, 5.41) is 4.59. The zero-order chi connectivity index (χ0) is 13.1. The van der Waals surface area contributed by atoms with Gasteiger partial charge in [-0.2, -0.15) is 0 Å². The molecule has 19 heavy (non-hydrogen) atoms. The first-order chi connectivity index (χ1) is 9.33. The van der Waals surface area contributed by atoms with E-state index in [0.29, 0.717) is 0 Å². The standard InChI is InChI=1S/C17H17NO/c1-13-6-2-3-8-15(13)11-18-12-16-10-14-7-4-5-9-17(14)19-16/h2-10,18H,11-12H2,1H3. The lowest BCUT2D eigenvalue weighted by atomic mass is 10.1. The highest BCUT2D eigenvalue weighted by Crippen LogP contribution is 2.18. The summed E-state index contributed by atoms with van der Waals surface area (Å²) < 4.78 is 5.77. The van der Waals surface area contributed by atoms with E-state index in [0.717, 1.165) is 29.8 Å². The molecule has 0 atom stereocenters. The third-order valence-electron chi connectivity index (χ3n) is 3.35. The molecule has 0 aliphatic heterocycles. The van der Waals surface area contributed by atoms with Crippen LogP contribution in [0.1, 0.15) is 16.9 Å². The normalized spacial score (nSPS) is 11.0. The van der Waals surface area contributed by atoms with Crippen molar-refractivity contribution in [3.8, 4) is 0 Å². The molecule has 96 valence electrons. The lowest BCUT2D eigenvalue weighted by Gasteiger charge is -2.05. The van der Waals surface area contributed by atoms with Gasteiger partial charge in [0.25, 0.3) is 0 Å². The predicted molar refractivity (Wildman–Crippen MR) is 77.9 cm³/mol. The molecule has 3 aromatic rings. The van der Waals surface area contributed by atoms with Crippen LogP contribution in [-0.4, -0.2) is 0 Å². The second kappa shape index (κ2) is 5.29. The monoisotopic (exact) mass is 251 g/mol. The van der Waals surface area contributed by atoms with E-state index in [-0.39, 0.29) is 0 Å². The van der Waals surface area contributed by atoms with E-state index in [1.54, 1.807) is 0 Å². The lowest BCUT2D eigenvalue weighted by molar-refractivity contribution is 0.513. The van der Waals surface area contributed by atoms with Crippen molar-refractivity contribution in [2.45, 2.75) is 20.0 Å². The number of hydrogen-bond acceptors (Lipinski definition) is 2. The fourth-order valence-corrected chi connectivity index (χ4v) is 2.25. The molecule has 2 heteroatoms. The van der Waals surface area contributed by atoms with Crippen molar-refractivity contribution >= 4 is 11.0 Å². The van der Waals surface area contributed by atoms with Gasteiger partial charge in [0.05, 0.1) is 6.54 Å². The Labute approximate surface area is 113 Å². The molecule has 3 rings (SSSR count). The van der Waals surface area contributed by atoms with Crippen LogP contribution in [0.3, 0.4) is 0 Å². The number of benzene rings is 2. The molecule has 0 spiro atoms. The van der Waals surface area contributed by atoms with E-state index in [9.17, 15) is 0 Å². The number of hydrogen-bond donors (Lipinski definition) is 1. The largest absolute Gasteiger partial charge is 0.460 e. The topological polar surface area (TPSA) is 25.2 Å². The van der Waals surface area contributed by atoms with Gasteiger partial charge in [-0.05, 0) is 30.2 Å². The molecule has 0 radical (unpaired) electrons. The Kier molecular flexibility index (Phi) is 3.34. The Morgan fingerprint density at radius 2 is 1.74 bits per heavy atom. The van der Waals surface area contributed by atoms with Gasteiger partial charge in [-0.15, -0.1) is 0 Å². The molecule has 1 N–H and O–H groups in total. The van der Waals surface area contributed by atoms with Crippen LogP contribution in [0.5, 0.6) is 0 Å². The Bertz CT molecular complexity index is 651. The number of rotatable bonds is 4. The minimum Gasteiger partial charge on any atom is -0.460 e. The smallest absolute Gasteiger partial charge is 0.134 e. The van der Waals surface area contributed by atoms with Gasteiger partial charge in [-0.3, -0.25) is 0 Å². The third kappa shape index (κ3) is 2.69. The zero-order valence-electron chi connectivity index (χ0n) is 11.0. The average molecular weight is 251 g/mol. The molecular weight excluding hydrogens is 234 g/mol. The third-order valence-corrected chi connectivity index (χ3v) is 3.35. The maximum atomic E-state index is 5.77. The van der Waals surface area contributed by atoms with Crippen LogP contribution in [0.25, 0.3) is 11.0 Å². The first-order valence-corrected chi connectivity index (χ1v) is 6.55. The molecule has 1 aromatic heterocycles. The van der Waals surface area contributed by atoms with Crippen molar-refractivity contribution in [2.24, 2.45) is 0 Å². The number of para-hydroxylation sites is 1. The van der Waals surface area contributed by atoms with Crippen molar-refractivity contribution in [1.29, 1.82) is 0 Å². The van der Waals surface area contributed by atoms with E-state index >= 15 is 0 Å². The maximum Gasteiger partial charge on any atom is 0.134 e. The minimum absolute atomic E-state index is 0.753.